The van der Waals surface area contributed by atoms with Gasteiger partial charge in [0, 0.05) is 18.3 Å². The molecule has 0 aliphatic carbocycles. The van der Waals surface area contributed by atoms with E-state index in [4.69, 9.17) is 4.74 Å². The lowest BCUT2D eigenvalue weighted by molar-refractivity contribution is 0.102. The molecule has 0 aliphatic heterocycles. The summed E-state index contributed by atoms with van der Waals surface area (Å²) in [5.41, 5.74) is 2.23. The second-order valence-electron chi connectivity index (χ2n) is 3.98. The molecule has 0 radical (unpaired) electrons. The molecule has 4 nitrogen and oxygen atoms in total. The maximum Gasteiger partial charge on any atom is 0.255 e. The van der Waals surface area contributed by atoms with E-state index in [0.29, 0.717) is 17.0 Å². The van der Waals surface area contributed by atoms with Crippen LogP contribution in [0.3, 0.4) is 0 Å². The van der Waals surface area contributed by atoms with E-state index in [1.165, 1.54) is 0 Å². The second kappa shape index (κ2) is 5.91. The Kier molecular flexibility index (Phi) is 4.03. The molecule has 0 saturated heterocycles. The Balaban J connectivity index is 2.16. The van der Waals surface area contributed by atoms with Crippen LogP contribution >= 0.6 is 0 Å². The van der Waals surface area contributed by atoms with Gasteiger partial charge in [-0.05, 0) is 36.4 Å². The Morgan fingerprint density at radius 3 is 2.37 bits per heavy atom. The first kappa shape index (κ1) is 13.0. The van der Waals surface area contributed by atoms with Crippen molar-refractivity contribution < 1.29 is 9.53 Å². The monoisotopic (exact) mass is 256 g/mol. The third-order valence-electron chi connectivity index (χ3n) is 2.79. The molecular formula is C15H16N2O2. The van der Waals surface area contributed by atoms with Crippen molar-refractivity contribution in [2.75, 3.05) is 24.8 Å². The number of anilines is 2. The number of ether oxygens (including phenoxy) is 1. The van der Waals surface area contributed by atoms with Crippen molar-refractivity contribution in [1.82, 2.24) is 0 Å². The van der Waals surface area contributed by atoms with E-state index in [0.717, 1.165) is 5.69 Å². The number of rotatable bonds is 4. The molecule has 0 aliphatic rings. The molecule has 0 atom stereocenters. The van der Waals surface area contributed by atoms with Crippen LogP contribution in [0, 0.1) is 0 Å². The van der Waals surface area contributed by atoms with Crippen LogP contribution < -0.4 is 15.4 Å². The molecule has 2 aromatic carbocycles. The molecule has 0 bridgehead atoms. The molecule has 2 N–H and O–H groups in total. The zero-order chi connectivity index (χ0) is 13.7. The number of para-hydroxylation sites is 2. The summed E-state index contributed by atoms with van der Waals surface area (Å²) in [6.07, 6.45) is 0. The SMILES string of the molecule is CNc1ccc(C(=O)Nc2ccccc2OC)cc1. The van der Waals surface area contributed by atoms with Gasteiger partial charge in [-0.2, -0.15) is 0 Å². The van der Waals surface area contributed by atoms with Gasteiger partial charge in [-0.15, -0.1) is 0 Å². The van der Waals surface area contributed by atoms with Crippen molar-refractivity contribution in [1.29, 1.82) is 0 Å². The minimum atomic E-state index is -0.160. The highest BCUT2D eigenvalue weighted by atomic mass is 16.5. The molecule has 0 unspecified atom stereocenters. The van der Waals surface area contributed by atoms with Gasteiger partial charge >= 0.3 is 0 Å². The lowest BCUT2D eigenvalue weighted by Gasteiger charge is -2.10. The summed E-state index contributed by atoms with van der Waals surface area (Å²) in [7, 11) is 3.41. The van der Waals surface area contributed by atoms with Crippen molar-refractivity contribution in [3.05, 3.63) is 54.1 Å². The smallest absolute Gasteiger partial charge is 0.255 e. The predicted molar refractivity (Wildman–Crippen MR) is 76.9 cm³/mol. The van der Waals surface area contributed by atoms with Crippen LogP contribution in [0.15, 0.2) is 48.5 Å². The standard InChI is InChI=1S/C15H16N2O2/c1-16-12-9-7-11(8-10-12)15(18)17-13-5-3-4-6-14(13)19-2/h3-10,16H,1-2H3,(H,17,18). The first-order valence-corrected chi connectivity index (χ1v) is 5.97. The number of hydrogen-bond acceptors (Lipinski definition) is 3. The van der Waals surface area contributed by atoms with Crippen LogP contribution in [0.25, 0.3) is 0 Å². The zero-order valence-electron chi connectivity index (χ0n) is 10.9. The number of hydrogen-bond donors (Lipinski definition) is 2. The van der Waals surface area contributed by atoms with Crippen molar-refractivity contribution in [2.45, 2.75) is 0 Å². The molecule has 1 amide bonds. The van der Waals surface area contributed by atoms with E-state index in [2.05, 4.69) is 10.6 Å². The van der Waals surface area contributed by atoms with Crippen LogP contribution in [0.2, 0.25) is 0 Å². The third-order valence-corrected chi connectivity index (χ3v) is 2.79. The highest BCUT2D eigenvalue weighted by Gasteiger charge is 2.08. The third kappa shape index (κ3) is 3.04. The topological polar surface area (TPSA) is 50.4 Å². The minimum Gasteiger partial charge on any atom is -0.495 e. The Hall–Kier alpha value is -2.49. The largest absolute Gasteiger partial charge is 0.495 e. The summed E-state index contributed by atoms with van der Waals surface area (Å²) < 4.78 is 5.19. The fourth-order valence-corrected chi connectivity index (χ4v) is 1.73. The highest BCUT2D eigenvalue weighted by molar-refractivity contribution is 6.05. The molecule has 2 rings (SSSR count). The van der Waals surface area contributed by atoms with E-state index in [-0.39, 0.29) is 5.91 Å². The van der Waals surface area contributed by atoms with E-state index in [1.807, 2.05) is 31.3 Å². The summed E-state index contributed by atoms with van der Waals surface area (Å²) in [6.45, 7) is 0. The van der Waals surface area contributed by atoms with Crippen molar-refractivity contribution in [3.8, 4) is 5.75 Å². The van der Waals surface area contributed by atoms with Gasteiger partial charge in [-0.25, -0.2) is 0 Å². The summed E-state index contributed by atoms with van der Waals surface area (Å²) in [5, 5.41) is 5.84. The summed E-state index contributed by atoms with van der Waals surface area (Å²) in [4.78, 5) is 12.1. The summed E-state index contributed by atoms with van der Waals surface area (Å²) in [5.74, 6) is 0.481. The number of nitrogens with one attached hydrogen (secondary N) is 2. The van der Waals surface area contributed by atoms with E-state index >= 15 is 0 Å². The fraction of sp³-hybridized carbons (Fsp3) is 0.133. The Morgan fingerprint density at radius 1 is 1.05 bits per heavy atom. The van der Waals surface area contributed by atoms with Gasteiger partial charge in [0.25, 0.3) is 5.91 Å². The van der Waals surface area contributed by atoms with Crippen molar-refractivity contribution in [2.24, 2.45) is 0 Å². The van der Waals surface area contributed by atoms with Crippen LogP contribution in [-0.2, 0) is 0 Å². The van der Waals surface area contributed by atoms with Crippen LogP contribution in [0.1, 0.15) is 10.4 Å². The number of benzene rings is 2. The van der Waals surface area contributed by atoms with Crippen LogP contribution in [0.5, 0.6) is 5.75 Å². The molecule has 0 saturated carbocycles. The fourth-order valence-electron chi connectivity index (χ4n) is 1.73. The van der Waals surface area contributed by atoms with Gasteiger partial charge < -0.3 is 15.4 Å². The number of carbonyl (C=O) groups is 1. The molecule has 4 heteroatoms. The summed E-state index contributed by atoms with van der Waals surface area (Å²) >= 11 is 0. The van der Waals surface area contributed by atoms with Gasteiger partial charge in [-0.3, -0.25) is 4.79 Å². The average Bonchev–Trinajstić information content (AvgIpc) is 2.48. The molecule has 0 spiro atoms. The minimum absolute atomic E-state index is 0.160. The van der Waals surface area contributed by atoms with Gasteiger partial charge in [0.15, 0.2) is 0 Å². The average molecular weight is 256 g/mol. The lowest BCUT2D eigenvalue weighted by atomic mass is 10.2. The molecule has 98 valence electrons. The molecule has 0 aromatic heterocycles. The van der Waals surface area contributed by atoms with Gasteiger partial charge in [0.1, 0.15) is 5.75 Å². The molecular weight excluding hydrogens is 240 g/mol. The number of amides is 1. The van der Waals surface area contributed by atoms with Gasteiger partial charge in [0.05, 0.1) is 12.8 Å². The quantitative estimate of drug-likeness (QED) is 0.884. The molecule has 19 heavy (non-hydrogen) atoms. The van der Waals surface area contributed by atoms with E-state index < -0.39 is 0 Å². The normalized spacial score (nSPS) is 9.79. The van der Waals surface area contributed by atoms with Crippen molar-refractivity contribution >= 4 is 17.3 Å². The maximum atomic E-state index is 12.1. The zero-order valence-corrected chi connectivity index (χ0v) is 10.9. The predicted octanol–water partition coefficient (Wildman–Crippen LogP) is 2.99. The maximum absolute atomic E-state index is 12.1. The molecule has 0 fully saturated rings. The van der Waals surface area contributed by atoms with Crippen LogP contribution in [-0.4, -0.2) is 20.1 Å². The Labute approximate surface area is 112 Å². The molecule has 0 heterocycles. The Bertz CT molecular complexity index is 565. The number of methoxy groups -OCH3 is 1. The molecule has 2 aromatic rings. The second-order valence-corrected chi connectivity index (χ2v) is 3.98. The first-order valence-electron chi connectivity index (χ1n) is 5.97. The van der Waals surface area contributed by atoms with E-state index in [1.54, 1.807) is 31.4 Å². The van der Waals surface area contributed by atoms with Gasteiger partial charge in [0.2, 0.25) is 0 Å². The number of carbonyl (C=O) groups excluding carboxylic acids is 1. The summed E-state index contributed by atoms with van der Waals surface area (Å²) in [6, 6.07) is 14.6. The van der Waals surface area contributed by atoms with Crippen molar-refractivity contribution in [3.63, 3.8) is 0 Å². The Morgan fingerprint density at radius 2 is 1.74 bits per heavy atom. The highest BCUT2D eigenvalue weighted by Crippen LogP contribution is 2.23. The van der Waals surface area contributed by atoms with Gasteiger partial charge in [-0.1, -0.05) is 12.1 Å². The van der Waals surface area contributed by atoms with Crippen LogP contribution in [0.4, 0.5) is 11.4 Å². The lowest BCUT2D eigenvalue weighted by Crippen LogP contribution is -2.12. The van der Waals surface area contributed by atoms with E-state index in [9.17, 15) is 4.79 Å². The first-order chi connectivity index (χ1) is 9.24.